The largest absolute Gasteiger partial charge is 0.483 e. The summed E-state index contributed by atoms with van der Waals surface area (Å²) in [6.45, 7) is 5.74. The Hall–Kier alpha value is -4.83. The van der Waals surface area contributed by atoms with Gasteiger partial charge in [-0.3, -0.25) is 14.3 Å². The van der Waals surface area contributed by atoms with E-state index in [9.17, 15) is 18.0 Å². The average Bonchev–Trinajstić information content (AvgIpc) is 3.01. The molecule has 10 heteroatoms. The van der Waals surface area contributed by atoms with Crippen LogP contribution in [0.4, 0.5) is 11.4 Å². The number of ether oxygens (including phenoxy) is 2. The van der Waals surface area contributed by atoms with Gasteiger partial charge in [-0.1, -0.05) is 48.5 Å². The summed E-state index contributed by atoms with van der Waals surface area (Å²) in [5, 5.41) is 2.91. The minimum Gasteiger partial charge on any atom is -0.483 e. The molecule has 1 heterocycles. The Morgan fingerprint density at radius 1 is 0.886 bits per heavy atom. The van der Waals surface area contributed by atoms with Gasteiger partial charge in [-0.25, -0.2) is 8.42 Å². The van der Waals surface area contributed by atoms with E-state index in [4.69, 9.17) is 9.47 Å². The van der Waals surface area contributed by atoms with E-state index in [1.807, 2.05) is 50.2 Å². The maximum atomic E-state index is 13.4. The van der Waals surface area contributed by atoms with Crippen molar-refractivity contribution in [1.29, 1.82) is 0 Å². The molecule has 1 aliphatic rings. The van der Waals surface area contributed by atoms with Crippen molar-refractivity contribution in [1.82, 2.24) is 5.32 Å². The van der Waals surface area contributed by atoms with Gasteiger partial charge in [-0.05, 0) is 91.9 Å². The van der Waals surface area contributed by atoms with Crippen molar-refractivity contribution >= 4 is 33.2 Å². The second-order valence-corrected chi connectivity index (χ2v) is 12.4. The number of fused-ring (bicyclic) bond motifs is 1. The maximum Gasteiger partial charge on any atom is 0.265 e. The zero-order valence-corrected chi connectivity index (χ0v) is 25.7. The lowest BCUT2D eigenvalue weighted by molar-refractivity contribution is -0.128. The second kappa shape index (κ2) is 13.2. The number of aryl methyl sites for hydroxylation is 3. The van der Waals surface area contributed by atoms with Crippen LogP contribution in [0.3, 0.4) is 0 Å². The number of amides is 2. The van der Waals surface area contributed by atoms with Gasteiger partial charge in [0.05, 0.1) is 17.1 Å². The van der Waals surface area contributed by atoms with E-state index in [1.54, 1.807) is 43.3 Å². The number of hydrogen-bond acceptors (Lipinski definition) is 6. The van der Waals surface area contributed by atoms with Gasteiger partial charge in [0.15, 0.2) is 12.7 Å². The molecule has 0 bridgehead atoms. The van der Waals surface area contributed by atoms with Crippen LogP contribution in [-0.4, -0.2) is 46.0 Å². The Balaban J connectivity index is 1.22. The third-order valence-electron chi connectivity index (χ3n) is 7.49. The summed E-state index contributed by atoms with van der Waals surface area (Å²) < 4.78 is 40.4. The summed E-state index contributed by atoms with van der Waals surface area (Å²) in [6.07, 6.45) is -0.214. The molecule has 0 aliphatic carbocycles. The summed E-state index contributed by atoms with van der Waals surface area (Å²) in [7, 11) is -3.83. The van der Waals surface area contributed by atoms with E-state index in [0.29, 0.717) is 41.4 Å². The van der Waals surface area contributed by atoms with Crippen molar-refractivity contribution in [2.75, 3.05) is 29.3 Å². The number of carbonyl (C=O) groups is 2. The second-order valence-electron chi connectivity index (χ2n) is 10.7. The molecule has 4 aromatic carbocycles. The molecule has 0 spiro atoms. The van der Waals surface area contributed by atoms with Crippen LogP contribution in [0.15, 0.2) is 95.9 Å². The highest BCUT2D eigenvalue weighted by Crippen LogP contribution is 2.33. The van der Waals surface area contributed by atoms with Crippen LogP contribution in [0.5, 0.6) is 11.5 Å². The number of carbonyl (C=O) groups excluding carboxylic acids is 2. The molecule has 0 radical (unpaired) electrons. The van der Waals surface area contributed by atoms with Crippen LogP contribution in [0.1, 0.15) is 22.3 Å². The molecule has 2 N–H and O–H groups in total. The topological polar surface area (TPSA) is 114 Å². The molecule has 4 aromatic rings. The molecule has 44 heavy (non-hydrogen) atoms. The molecule has 0 saturated carbocycles. The van der Waals surface area contributed by atoms with Gasteiger partial charge < -0.3 is 19.7 Å². The van der Waals surface area contributed by atoms with E-state index >= 15 is 0 Å². The van der Waals surface area contributed by atoms with Gasteiger partial charge in [-0.2, -0.15) is 0 Å². The SMILES string of the molecule is Cc1ccc(NS(=O)(=O)c2ccc(OCC(=O)N3C[C@H](C(=O)NCCc4ccccc4)Oc4ccccc43)c(C)c2)cc1C. The molecule has 0 fully saturated rings. The minimum absolute atomic E-state index is 0.0245. The molecular formula is C34H35N3O6S. The number of anilines is 2. The van der Waals surface area contributed by atoms with E-state index < -0.39 is 16.1 Å². The third kappa shape index (κ3) is 7.20. The van der Waals surface area contributed by atoms with E-state index in [-0.39, 0.29) is 29.9 Å². The standard InChI is InChI=1S/C34H35N3O6S/c1-23-13-14-27(19-24(23)2)36-44(40,41)28-15-16-30(25(3)20-28)42-22-33(38)37-21-32(43-31-12-8-7-11-29(31)37)34(39)35-18-17-26-9-5-4-6-10-26/h4-16,19-20,32,36H,17-18,21-22H2,1-3H3,(H,35,39)/t32-/m1/s1. The Bertz CT molecular complexity index is 1780. The quantitative estimate of drug-likeness (QED) is 0.262. The van der Waals surface area contributed by atoms with Crippen LogP contribution >= 0.6 is 0 Å². The number of nitrogens with zero attached hydrogens (tertiary/aromatic N) is 1. The zero-order valence-electron chi connectivity index (χ0n) is 24.9. The summed E-state index contributed by atoms with van der Waals surface area (Å²) in [4.78, 5) is 28.0. The van der Waals surface area contributed by atoms with Gasteiger partial charge in [0.25, 0.3) is 21.8 Å². The molecule has 0 unspecified atom stereocenters. The first-order valence-corrected chi connectivity index (χ1v) is 15.8. The molecule has 228 valence electrons. The normalized spacial score (nSPS) is 14.2. The van der Waals surface area contributed by atoms with Crippen LogP contribution < -0.4 is 24.4 Å². The molecule has 0 saturated heterocycles. The first-order chi connectivity index (χ1) is 21.1. The van der Waals surface area contributed by atoms with Crippen molar-refractivity contribution in [3.8, 4) is 11.5 Å². The Labute approximate surface area is 257 Å². The van der Waals surface area contributed by atoms with Crippen molar-refractivity contribution in [3.63, 3.8) is 0 Å². The fourth-order valence-corrected chi connectivity index (χ4v) is 6.02. The van der Waals surface area contributed by atoms with Gasteiger partial charge >= 0.3 is 0 Å². The summed E-state index contributed by atoms with van der Waals surface area (Å²) in [5.74, 6) is 0.129. The van der Waals surface area contributed by atoms with Crippen molar-refractivity contribution in [3.05, 3.63) is 113 Å². The lowest BCUT2D eigenvalue weighted by atomic mass is 10.1. The fourth-order valence-electron chi connectivity index (χ4n) is 4.88. The zero-order chi connectivity index (χ0) is 31.3. The summed E-state index contributed by atoms with van der Waals surface area (Å²) in [6, 6.07) is 26.7. The highest BCUT2D eigenvalue weighted by atomic mass is 32.2. The van der Waals surface area contributed by atoms with Crippen molar-refractivity contribution < 1.29 is 27.5 Å². The molecule has 1 atom stereocenters. The van der Waals surface area contributed by atoms with Crippen LogP contribution in [-0.2, 0) is 26.0 Å². The number of hydrogen-bond donors (Lipinski definition) is 2. The predicted octanol–water partition coefficient (Wildman–Crippen LogP) is 4.94. The summed E-state index contributed by atoms with van der Waals surface area (Å²) in [5.41, 5.74) is 4.73. The monoisotopic (exact) mass is 613 g/mol. The number of benzene rings is 4. The molecule has 1 aliphatic heterocycles. The van der Waals surface area contributed by atoms with E-state index in [0.717, 1.165) is 16.7 Å². The van der Waals surface area contributed by atoms with E-state index in [1.165, 1.54) is 23.1 Å². The predicted molar refractivity (Wildman–Crippen MR) is 170 cm³/mol. The molecular weight excluding hydrogens is 578 g/mol. The lowest BCUT2D eigenvalue weighted by Gasteiger charge is -2.34. The molecule has 0 aromatic heterocycles. The Kier molecular flexibility index (Phi) is 9.20. The highest BCUT2D eigenvalue weighted by molar-refractivity contribution is 7.92. The van der Waals surface area contributed by atoms with Crippen molar-refractivity contribution in [2.45, 2.75) is 38.2 Å². The smallest absolute Gasteiger partial charge is 0.265 e. The fraction of sp³-hybridized carbons (Fsp3) is 0.235. The summed E-state index contributed by atoms with van der Waals surface area (Å²) >= 11 is 0. The number of nitrogens with one attached hydrogen (secondary N) is 2. The van der Waals surface area contributed by atoms with Crippen molar-refractivity contribution in [2.24, 2.45) is 0 Å². The molecule has 9 nitrogen and oxygen atoms in total. The Morgan fingerprint density at radius 2 is 1.64 bits per heavy atom. The number of para-hydroxylation sites is 2. The average molecular weight is 614 g/mol. The van der Waals surface area contributed by atoms with Crippen LogP contribution in [0.2, 0.25) is 0 Å². The van der Waals surface area contributed by atoms with Gasteiger partial charge in [0, 0.05) is 12.2 Å². The minimum atomic E-state index is -3.83. The lowest BCUT2D eigenvalue weighted by Crippen LogP contribution is -2.52. The maximum absolute atomic E-state index is 13.4. The molecule has 2 amide bonds. The van der Waals surface area contributed by atoms with E-state index in [2.05, 4.69) is 10.0 Å². The molecule has 5 rings (SSSR count). The highest BCUT2D eigenvalue weighted by Gasteiger charge is 2.34. The van der Waals surface area contributed by atoms with Gasteiger partial charge in [0.2, 0.25) is 0 Å². The Morgan fingerprint density at radius 3 is 2.39 bits per heavy atom. The number of sulfonamides is 1. The third-order valence-corrected chi connectivity index (χ3v) is 8.87. The van der Waals surface area contributed by atoms with Crippen LogP contribution in [0.25, 0.3) is 0 Å². The first kappa shape index (κ1) is 30.6. The van der Waals surface area contributed by atoms with Crippen LogP contribution in [0, 0.1) is 20.8 Å². The van der Waals surface area contributed by atoms with Gasteiger partial charge in [-0.15, -0.1) is 0 Å². The number of rotatable bonds is 10. The van der Waals surface area contributed by atoms with Gasteiger partial charge in [0.1, 0.15) is 11.5 Å². The first-order valence-electron chi connectivity index (χ1n) is 14.3.